The van der Waals surface area contributed by atoms with Gasteiger partial charge in [0.2, 0.25) is 0 Å². The quantitative estimate of drug-likeness (QED) is 0.550. The lowest BCUT2D eigenvalue weighted by molar-refractivity contribution is 0.103. The second-order valence-electron chi connectivity index (χ2n) is 5.11. The van der Waals surface area contributed by atoms with Crippen LogP contribution in [0.3, 0.4) is 0 Å². The molecule has 4 nitrogen and oxygen atoms in total. The summed E-state index contributed by atoms with van der Waals surface area (Å²) in [5, 5.41) is 1.95. The van der Waals surface area contributed by atoms with E-state index in [4.69, 9.17) is 0 Å². The highest BCUT2D eigenvalue weighted by atomic mass is 16.1. The number of hydrogen-bond acceptors (Lipinski definition) is 3. The predicted octanol–water partition coefficient (Wildman–Crippen LogP) is 2.58. The van der Waals surface area contributed by atoms with Crippen molar-refractivity contribution in [1.82, 2.24) is 4.57 Å². The first-order chi connectivity index (χ1) is 10.6. The standard InChI is InChI=1S/C18H13NO3/c1-19-10-12(11-20)8-16(18(19)22)17(21)15-7-6-13-4-2-3-5-14(13)9-15/h2-11H,1H3. The minimum Gasteiger partial charge on any atom is -0.317 e. The number of benzene rings is 2. The third-order valence-electron chi connectivity index (χ3n) is 3.60. The molecule has 0 bridgehead atoms. The summed E-state index contributed by atoms with van der Waals surface area (Å²) in [7, 11) is 1.52. The van der Waals surface area contributed by atoms with Crippen LogP contribution in [0.15, 0.2) is 59.5 Å². The van der Waals surface area contributed by atoms with Crippen molar-refractivity contribution in [3.05, 3.63) is 81.8 Å². The third-order valence-corrected chi connectivity index (χ3v) is 3.60. The molecule has 0 radical (unpaired) electrons. The van der Waals surface area contributed by atoms with Crippen LogP contribution in [0, 0.1) is 0 Å². The molecular weight excluding hydrogens is 278 g/mol. The van der Waals surface area contributed by atoms with Crippen LogP contribution in [0.2, 0.25) is 0 Å². The fourth-order valence-corrected chi connectivity index (χ4v) is 2.45. The molecule has 0 saturated heterocycles. The Morgan fingerprint density at radius 3 is 2.50 bits per heavy atom. The summed E-state index contributed by atoms with van der Waals surface area (Å²) in [4.78, 5) is 35.7. The first kappa shape index (κ1) is 13.9. The van der Waals surface area contributed by atoms with Crippen LogP contribution in [-0.4, -0.2) is 16.6 Å². The minimum atomic E-state index is -0.413. The average molecular weight is 291 g/mol. The highest BCUT2D eigenvalue weighted by Crippen LogP contribution is 2.17. The highest BCUT2D eigenvalue weighted by Gasteiger charge is 2.15. The second kappa shape index (κ2) is 5.41. The number of aromatic nitrogens is 1. The number of nitrogens with zero attached hydrogens (tertiary/aromatic N) is 1. The molecule has 3 rings (SSSR count). The van der Waals surface area contributed by atoms with Gasteiger partial charge in [-0.1, -0.05) is 36.4 Å². The van der Waals surface area contributed by atoms with Crippen molar-refractivity contribution < 1.29 is 9.59 Å². The maximum absolute atomic E-state index is 12.6. The van der Waals surface area contributed by atoms with Crippen LogP contribution < -0.4 is 5.56 Å². The number of ketones is 1. The van der Waals surface area contributed by atoms with Crippen LogP contribution >= 0.6 is 0 Å². The maximum atomic E-state index is 12.6. The molecule has 0 aliphatic rings. The Kier molecular flexibility index (Phi) is 3.43. The van der Waals surface area contributed by atoms with Gasteiger partial charge in [0.25, 0.3) is 5.56 Å². The Balaban J connectivity index is 2.15. The van der Waals surface area contributed by atoms with Crippen molar-refractivity contribution in [2.75, 3.05) is 0 Å². The van der Waals surface area contributed by atoms with Gasteiger partial charge in [-0.3, -0.25) is 14.4 Å². The Morgan fingerprint density at radius 2 is 1.77 bits per heavy atom. The zero-order valence-corrected chi connectivity index (χ0v) is 11.9. The predicted molar refractivity (Wildman–Crippen MR) is 84.5 cm³/mol. The molecule has 0 spiro atoms. The van der Waals surface area contributed by atoms with Gasteiger partial charge in [0.05, 0.1) is 5.56 Å². The lowest BCUT2D eigenvalue weighted by Crippen LogP contribution is -2.25. The van der Waals surface area contributed by atoms with Crippen molar-refractivity contribution in [3.8, 4) is 0 Å². The molecule has 1 heterocycles. The molecule has 4 heteroatoms. The van der Waals surface area contributed by atoms with Crippen molar-refractivity contribution in [3.63, 3.8) is 0 Å². The topological polar surface area (TPSA) is 56.1 Å². The first-order valence-electron chi connectivity index (χ1n) is 6.79. The van der Waals surface area contributed by atoms with Gasteiger partial charge in [-0.05, 0) is 22.9 Å². The summed E-state index contributed by atoms with van der Waals surface area (Å²) >= 11 is 0. The van der Waals surface area contributed by atoms with Crippen LogP contribution in [0.4, 0.5) is 0 Å². The molecule has 0 N–H and O–H groups in total. The smallest absolute Gasteiger partial charge is 0.261 e. The molecule has 0 aliphatic carbocycles. The molecule has 0 amide bonds. The molecule has 2 aromatic carbocycles. The fourth-order valence-electron chi connectivity index (χ4n) is 2.45. The summed E-state index contributed by atoms with van der Waals surface area (Å²) < 4.78 is 1.25. The zero-order valence-electron chi connectivity index (χ0n) is 11.9. The van der Waals surface area contributed by atoms with E-state index in [0.29, 0.717) is 17.4 Å². The van der Waals surface area contributed by atoms with E-state index >= 15 is 0 Å². The van der Waals surface area contributed by atoms with Crippen LogP contribution in [0.5, 0.6) is 0 Å². The molecule has 0 saturated carbocycles. The Morgan fingerprint density at radius 1 is 1.05 bits per heavy atom. The number of hydrogen-bond donors (Lipinski definition) is 0. The zero-order chi connectivity index (χ0) is 15.7. The van der Waals surface area contributed by atoms with Crippen molar-refractivity contribution >= 4 is 22.8 Å². The van der Waals surface area contributed by atoms with Gasteiger partial charge in [0.1, 0.15) is 0 Å². The van der Waals surface area contributed by atoms with Gasteiger partial charge in [-0.25, -0.2) is 0 Å². The number of carbonyl (C=O) groups is 2. The molecule has 0 aliphatic heterocycles. The van der Waals surface area contributed by atoms with Crippen molar-refractivity contribution in [2.24, 2.45) is 7.05 Å². The van der Waals surface area contributed by atoms with Gasteiger partial charge in [-0.2, -0.15) is 0 Å². The lowest BCUT2D eigenvalue weighted by Gasteiger charge is -2.06. The molecule has 0 fully saturated rings. The lowest BCUT2D eigenvalue weighted by atomic mass is 10.00. The van der Waals surface area contributed by atoms with E-state index in [1.807, 2.05) is 30.3 Å². The van der Waals surface area contributed by atoms with E-state index in [0.717, 1.165) is 10.8 Å². The van der Waals surface area contributed by atoms with E-state index in [-0.39, 0.29) is 11.3 Å². The number of pyridine rings is 1. The molecule has 108 valence electrons. The second-order valence-corrected chi connectivity index (χ2v) is 5.11. The molecule has 3 aromatic rings. The van der Waals surface area contributed by atoms with E-state index < -0.39 is 5.56 Å². The highest BCUT2D eigenvalue weighted by molar-refractivity contribution is 6.10. The number of aldehydes is 1. The summed E-state index contributed by atoms with van der Waals surface area (Å²) in [6.07, 6.45) is 2.03. The number of aryl methyl sites for hydroxylation is 1. The molecule has 1 aromatic heterocycles. The fraction of sp³-hybridized carbons (Fsp3) is 0.0556. The first-order valence-corrected chi connectivity index (χ1v) is 6.79. The van der Waals surface area contributed by atoms with Gasteiger partial charge >= 0.3 is 0 Å². The van der Waals surface area contributed by atoms with Gasteiger partial charge in [-0.15, -0.1) is 0 Å². The Hall–Kier alpha value is -3.01. The normalized spacial score (nSPS) is 10.6. The third kappa shape index (κ3) is 2.35. The largest absolute Gasteiger partial charge is 0.317 e. The number of rotatable bonds is 3. The van der Waals surface area contributed by atoms with Gasteiger partial charge in [0, 0.05) is 24.4 Å². The monoisotopic (exact) mass is 291 g/mol. The van der Waals surface area contributed by atoms with E-state index in [9.17, 15) is 14.4 Å². The van der Waals surface area contributed by atoms with E-state index in [1.165, 1.54) is 23.9 Å². The van der Waals surface area contributed by atoms with Crippen molar-refractivity contribution in [1.29, 1.82) is 0 Å². The van der Waals surface area contributed by atoms with E-state index in [2.05, 4.69) is 0 Å². The number of fused-ring (bicyclic) bond motifs is 1. The SMILES string of the molecule is Cn1cc(C=O)cc(C(=O)c2ccc3ccccc3c2)c1=O. The molecular formula is C18H13NO3. The summed E-state index contributed by atoms with van der Waals surface area (Å²) in [5.41, 5.74) is 0.316. The molecule has 0 unspecified atom stereocenters. The number of carbonyl (C=O) groups excluding carboxylic acids is 2. The molecule has 22 heavy (non-hydrogen) atoms. The average Bonchev–Trinajstić information content (AvgIpc) is 2.56. The summed E-state index contributed by atoms with van der Waals surface area (Å²) in [6.45, 7) is 0. The van der Waals surface area contributed by atoms with Crippen LogP contribution in [0.1, 0.15) is 26.3 Å². The minimum absolute atomic E-state index is 0.00220. The maximum Gasteiger partial charge on any atom is 0.261 e. The van der Waals surface area contributed by atoms with Gasteiger partial charge in [0.15, 0.2) is 12.1 Å². The van der Waals surface area contributed by atoms with Crippen LogP contribution in [-0.2, 0) is 7.05 Å². The summed E-state index contributed by atoms with van der Waals surface area (Å²) in [6, 6.07) is 14.3. The van der Waals surface area contributed by atoms with Gasteiger partial charge < -0.3 is 4.57 Å². The summed E-state index contributed by atoms with van der Waals surface area (Å²) in [5.74, 6) is -0.380. The van der Waals surface area contributed by atoms with Crippen molar-refractivity contribution in [2.45, 2.75) is 0 Å². The van der Waals surface area contributed by atoms with E-state index in [1.54, 1.807) is 12.1 Å². The Bertz CT molecular complexity index is 954. The molecule has 0 atom stereocenters. The Labute approximate surface area is 126 Å². The van der Waals surface area contributed by atoms with Crippen LogP contribution in [0.25, 0.3) is 10.8 Å².